The lowest BCUT2D eigenvalue weighted by atomic mass is 9.91. The van der Waals surface area contributed by atoms with Crippen LogP contribution in [0.1, 0.15) is 30.7 Å². The van der Waals surface area contributed by atoms with Crippen LogP contribution in [0.15, 0.2) is 24.3 Å². The molecule has 1 heterocycles. The van der Waals surface area contributed by atoms with Crippen LogP contribution in [-0.2, 0) is 0 Å². The fraction of sp³-hybridized carbons (Fsp3) is 0.538. The van der Waals surface area contributed by atoms with Gasteiger partial charge in [-0.3, -0.25) is 0 Å². The molecule has 1 aliphatic heterocycles. The summed E-state index contributed by atoms with van der Waals surface area (Å²) >= 11 is 0. The summed E-state index contributed by atoms with van der Waals surface area (Å²) in [5.41, 5.74) is 1.84. The van der Waals surface area contributed by atoms with Crippen LogP contribution in [-0.4, -0.2) is 18.2 Å². The van der Waals surface area contributed by atoms with Gasteiger partial charge in [-0.05, 0) is 54.8 Å². The molecule has 3 rings (SSSR count). The summed E-state index contributed by atoms with van der Waals surface area (Å²) in [6.07, 6.45) is 3.94. The standard InChI is InChI=1S/C13H17NO/c15-11-4-1-3-10(7-11)12-8-13(12)5-2-6-14-9-13/h1,3-4,7,12,14-15H,2,5-6,8-9H2. The van der Waals surface area contributed by atoms with E-state index in [1.54, 1.807) is 6.07 Å². The zero-order valence-corrected chi connectivity index (χ0v) is 8.87. The van der Waals surface area contributed by atoms with Crippen LogP contribution in [0.4, 0.5) is 0 Å². The quantitative estimate of drug-likeness (QED) is 0.733. The molecule has 2 unspecified atom stereocenters. The fourth-order valence-electron chi connectivity index (χ4n) is 3.02. The minimum atomic E-state index is 0.401. The first-order valence-electron chi connectivity index (χ1n) is 5.80. The zero-order valence-electron chi connectivity index (χ0n) is 8.87. The largest absolute Gasteiger partial charge is 0.508 e. The highest BCUT2D eigenvalue weighted by atomic mass is 16.3. The Morgan fingerprint density at radius 1 is 1.40 bits per heavy atom. The van der Waals surface area contributed by atoms with E-state index in [1.165, 1.54) is 31.4 Å². The van der Waals surface area contributed by atoms with Crippen molar-refractivity contribution in [2.75, 3.05) is 13.1 Å². The molecule has 0 amide bonds. The van der Waals surface area contributed by atoms with Crippen LogP contribution in [0.5, 0.6) is 5.75 Å². The lowest BCUT2D eigenvalue weighted by Crippen LogP contribution is -2.31. The summed E-state index contributed by atoms with van der Waals surface area (Å²) in [6, 6.07) is 7.77. The van der Waals surface area contributed by atoms with Gasteiger partial charge in [-0.15, -0.1) is 0 Å². The Labute approximate surface area is 90.3 Å². The smallest absolute Gasteiger partial charge is 0.115 e. The van der Waals surface area contributed by atoms with Crippen molar-refractivity contribution >= 4 is 0 Å². The molecule has 0 aromatic heterocycles. The minimum absolute atomic E-state index is 0.401. The Morgan fingerprint density at radius 3 is 3.07 bits per heavy atom. The Morgan fingerprint density at radius 2 is 2.33 bits per heavy atom. The summed E-state index contributed by atoms with van der Waals surface area (Å²) in [4.78, 5) is 0. The van der Waals surface area contributed by atoms with Gasteiger partial charge in [0.2, 0.25) is 0 Å². The van der Waals surface area contributed by atoms with Crippen molar-refractivity contribution in [1.29, 1.82) is 0 Å². The van der Waals surface area contributed by atoms with Gasteiger partial charge in [0.05, 0.1) is 0 Å². The first kappa shape index (κ1) is 9.22. The third-order valence-corrected chi connectivity index (χ3v) is 3.97. The average molecular weight is 203 g/mol. The molecule has 2 atom stereocenters. The van der Waals surface area contributed by atoms with Crippen LogP contribution in [0.2, 0.25) is 0 Å². The third kappa shape index (κ3) is 1.53. The topological polar surface area (TPSA) is 32.3 Å². The number of benzene rings is 1. The maximum atomic E-state index is 9.46. The van der Waals surface area contributed by atoms with E-state index in [9.17, 15) is 5.11 Å². The summed E-state index contributed by atoms with van der Waals surface area (Å²) in [7, 11) is 0. The minimum Gasteiger partial charge on any atom is -0.508 e. The van der Waals surface area contributed by atoms with Gasteiger partial charge in [0.1, 0.15) is 5.75 Å². The average Bonchev–Trinajstić information content (AvgIpc) is 2.93. The highest BCUT2D eigenvalue weighted by molar-refractivity contribution is 5.36. The van der Waals surface area contributed by atoms with E-state index in [1.807, 2.05) is 12.1 Å². The summed E-state index contributed by atoms with van der Waals surface area (Å²) in [6.45, 7) is 2.34. The van der Waals surface area contributed by atoms with Gasteiger partial charge in [0.15, 0.2) is 0 Å². The van der Waals surface area contributed by atoms with E-state index in [0.29, 0.717) is 17.1 Å². The second-order valence-corrected chi connectivity index (χ2v) is 4.99. The highest BCUT2D eigenvalue weighted by Gasteiger charge is 2.54. The number of phenols is 1. The van der Waals surface area contributed by atoms with Crippen LogP contribution >= 0.6 is 0 Å². The number of hydrogen-bond acceptors (Lipinski definition) is 2. The van der Waals surface area contributed by atoms with Gasteiger partial charge in [0.25, 0.3) is 0 Å². The second kappa shape index (κ2) is 3.24. The first-order chi connectivity index (χ1) is 7.30. The third-order valence-electron chi connectivity index (χ3n) is 3.97. The van der Waals surface area contributed by atoms with E-state index >= 15 is 0 Å². The maximum Gasteiger partial charge on any atom is 0.115 e. The molecule has 1 aromatic carbocycles. The second-order valence-electron chi connectivity index (χ2n) is 4.99. The molecule has 2 N–H and O–H groups in total. The molecule has 0 radical (unpaired) electrons. The molecule has 0 bridgehead atoms. The Bertz CT molecular complexity index is 369. The van der Waals surface area contributed by atoms with Gasteiger partial charge in [-0.1, -0.05) is 12.1 Å². The summed E-state index contributed by atoms with van der Waals surface area (Å²) in [5.74, 6) is 1.08. The van der Waals surface area contributed by atoms with E-state index < -0.39 is 0 Å². The number of rotatable bonds is 1. The molecule has 2 heteroatoms. The summed E-state index contributed by atoms with van der Waals surface area (Å²) < 4.78 is 0. The molecule has 1 aromatic rings. The van der Waals surface area contributed by atoms with Crippen molar-refractivity contribution in [1.82, 2.24) is 5.32 Å². The van der Waals surface area contributed by atoms with Crippen LogP contribution in [0.25, 0.3) is 0 Å². The Hall–Kier alpha value is -1.02. The van der Waals surface area contributed by atoms with Gasteiger partial charge in [-0.2, -0.15) is 0 Å². The normalized spacial score (nSPS) is 34.3. The maximum absolute atomic E-state index is 9.46. The Kier molecular flexibility index (Phi) is 1.99. The monoisotopic (exact) mass is 203 g/mol. The van der Waals surface area contributed by atoms with Gasteiger partial charge in [-0.25, -0.2) is 0 Å². The molecule has 1 aliphatic carbocycles. The molecular weight excluding hydrogens is 186 g/mol. The van der Waals surface area contributed by atoms with Gasteiger partial charge in [0, 0.05) is 6.54 Å². The van der Waals surface area contributed by atoms with Crippen LogP contribution in [0, 0.1) is 5.41 Å². The van der Waals surface area contributed by atoms with Crippen LogP contribution < -0.4 is 5.32 Å². The first-order valence-corrected chi connectivity index (χ1v) is 5.80. The number of phenolic OH excluding ortho intramolecular Hbond substituents is 1. The van der Waals surface area contributed by atoms with E-state index in [-0.39, 0.29) is 0 Å². The molecular formula is C13H17NO. The van der Waals surface area contributed by atoms with Crippen molar-refractivity contribution in [3.8, 4) is 5.75 Å². The van der Waals surface area contributed by atoms with E-state index in [2.05, 4.69) is 11.4 Å². The number of piperidine rings is 1. The lowest BCUT2D eigenvalue weighted by molar-refractivity contribution is 0.346. The van der Waals surface area contributed by atoms with E-state index in [0.717, 1.165) is 6.54 Å². The van der Waals surface area contributed by atoms with Gasteiger partial charge >= 0.3 is 0 Å². The van der Waals surface area contributed by atoms with Crippen molar-refractivity contribution in [2.24, 2.45) is 5.41 Å². The molecule has 15 heavy (non-hydrogen) atoms. The number of nitrogens with one attached hydrogen (secondary N) is 1. The zero-order chi connectivity index (χ0) is 10.3. The van der Waals surface area contributed by atoms with Crippen molar-refractivity contribution in [3.05, 3.63) is 29.8 Å². The number of aromatic hydroxyl groups is 1. The molecule has 2 nitrogen and oxygen atoms in total. The molecule has 1 spiro atoms. The molecule has 2 aliphatic rings. The van der Waals surface area contributed by atoms with Crippen molar-refractivity contribution in [2.45, 2.75) is 25.2 Å². The predicted octanol–water partition coefficient (Wildman–Crippen LogP) is 2.25. The molecule has 2 fully saturated rings. The van der Waals surface area contributed by atoms with Gasteiger partial charge < -0.3 is 10.4 Å². The molecule has 1 saturated carbocycles. The number of hydrogen-bond donors (Lipinski definition) is 2. The highest BCUT2D eigenvalue weighted by Crippen LogP contribution is 2.62. The van der Waals surface area contributed by atoms with Crippen molar-refractivity contribution < 1.29 is 5.11 Å². The Balaban J connectivity index is 1.80. The van der Waals surface area contributed by atoms with E-state index in [4.69, 9.17) is 0 Å². The molecule has 80 valence electrons. The lowest BCUT2D eigenvalue weighted by Gasteiger charge is -2.23. The molecule has 1 saturated heterocycles. The predicted molar refractivity (Wildman–Crippen MR) is 60.0 cm³/mol. The van der Waals surface area contributed by atoms with Crippen molar-refractivity contribution in [3.63, 3.8) is 0 Å². The fourth-order valence-corrected chi connectivity index (χ4v) is 3.02. The van der Waals surface area contributed by atoms with Crippen LogP contribution in [0.3, 0.4) is 0 Å². The summed E-state index contributed by atoms with van der Waals surface area (Å²) in [5, 5.41) is 13.0. The SMILES string of the molecule is Oc1cccc(C2CC23CCCNC3)c1.